The maximum atomic E-state index is 13.4. The largest absolute Gasteiger partial charge is 0.389 e. The fourth-order valence-corrected chi connectivity index (χ4v) is 2.77. The van der Waals surface area contributed by atoms with Gasteiger partial charge in [0.05, 0.1) is 0 Å². The van der Waals surface area contributed by atoms with Gasteiger partial charge in [0.25, 0.3) is 0 Å². The van der Waals surface area contributed by atoms with E-state index in [1.54, 1.807) is 12.1 Å². The Kier molecular flexibility index (Phi) is 3.54. The molecule has 2 saturated carbocycles. The molecule has 0 radical (unpaired) electrons. The zero-order chi connectivity index (χ0) is 13.4. The van der Waals surface area contributed by atoms with Gasteiger partial charge in [0.2, 0.25) is 0 Å². The van der Waals surface area contributed by atoms with Gasteiger partial charge in [-0.05, 0) is 55.4 Å². The van der Waals surface area contributed by atoms with Gasteiger partial charge >= 0.3 is 0 Å². The molecule has 2 aliphatic carbocycles. The van der Waals surface area contributed by atoms with Crippen LogP contribution in [0.25, 0.3) is 0 Å². The average molecular weight is 278 g/mol. The normalized spacial score (nSPS) is 18.8. The van der Waals surface area contributed by atoms with E-state index in [0.29, 0.717) is 11.0 Å². The second-order valence-electron chi connectivity index (χ2n) is 5.77. The van der Waals surface area contributed by atoms with Crippen LogP contribution in [0.2, 0.25) is 0 Å². The van der Waals surface area contributed by atoms with Crippen LogP contribution in [0, 0.1) is 11.7 Å². The number of hydrogen-bond donors (Lipinski definition) is 1. The first kappa shape index (κ1) is 13.0. The van der Waals surface area contributed by atoms with Crippen molar-refractivity contribution in [3.05, 3.63) is 35.1 Å². The quantitative estimate of drug-likeness (QED) is 0.811. The Balaban J connectivity index is 1.79. The van der Waals surface area contributed by atoms with Gasteiger partial charge in [0, 0.05) is 24.7 Å². The highest BCUT2D eigenvalue weighted by Crippen LogP contribution is 2.35. The van der Waals surface area contributed by atoms with Crippen LogP contribution in [-0.4, -0.2) is 22.5 Å². The predicted molar refractivity (Wildman–Crippen MR) is 78.4 cm³/mol. The van der Waals surface area contributed by atoms with Crippen LogP contribution in [0.4, 0.5) is 4.39 Å². The first-order valence-corrected chi connectivity index (χ1v) is 7.36. The molecule has 0 bridgehead atoms. The average Bonchev–Trinajstić information content (AvgIpc) is 3.22. The monoisotopic (exact) mass is 278 g/mol. The summed E-state index contributed by atoms with van der Waals surface area (Å²) in [4.78, 5) is 2.84. The van der Waals surface area contributed by atoms with Gasteiger partial charge in [-0.3, -0.25) is 4.90 Å². The minimum atomic E-state index is -0.211. The number of nitrogens with zero attached hydrogens (tertiary/aromatic N) is 1. The van der Waals surface area contributed by atoms with Crippen molar-refractivity contribution in [1.82, 2.24) is 4.90 Å². The summed E-state index contributed by atoms with van der Waals surface area (Å²) in [5, 5.41) is 0. The Morgan fingerprint density at radius 3 is 2.63 bits per heavy atom. The minimum Gasteiger partial charge on any atom is -0.389 e. The van der Waals surface area contributed by atoms with Gasteiger partial charge in [-0.15, -0.1) is 0 Å². The van der Waals surface area contributed by atoms with Crippen LogP contribution >= 0.6 is 12.2 Å². The topological polar surface area (TPSA) is 29.3 Å². The van der Waals surface area contributed by atoms with Crippen molar-refractivity contribution in [1.29, 1.82) is 0 Å². The Bertz CT molecular complexity index is 495. The zero-order valence-electron chi connectivity index (χ0n) is 10.9. The summed E-state index contributed by atoms with van der Waals surface area (Å²) in [6.45, 7) is 1.91. The molecule has 2 fully saturated rings. The molecule has 0 amide bonds. The van der Waals surface area contributed by atoms with Crippen molar-refractivity contribution in [2.24, 2.45) is 11.7 Å². The van der Waals surface area contributed by atoms with Gasteiger partial charge < -0.3 is 5.73 Å². The molecule has 19 heavy (non-hydrogen) atoms. The van der Waals surface area contributed by atoms with Crippen LogP contribution in [-0.2, 0) is 6.54 Å². The smallest absolute Gasteiger partial charge is 0.123 e. The van der Waals surface area contributed by atoms with E-state index in [0.717, 1.165) is 30.1 Å². The Morgan fingerprint density at radius 1 is 1.32 bits per heavy atom. The Labute approximate surface area is 118 Å². The van der Waals surface area contributed by atoms with Crippen LogP contribution in [0.3, 0.4) is 0 Å². The standard InChI is InChI=1S/C15H19FN2S/c16-12-3-6-14(15(17)19)11(7-12)9-18(13-4-5-13)8-10-1-2-10/h3,6-7,10,13H,1-2,4-5,8-9H2,(H2,17,19). The number of nitrogens with two attached hydrogens (primary N) is 1. The van der Waals surface area contributed by atoms with E-state index in [1.807, 2.05) is 0 Å². The Morgan fingerprint density at radius 2 is 2.05 bits per heavy atom. The molecule has 2 N–H and O–H groups in total. The van der Waals surface area contributed by atoms with E-state index >= 15 is 0 Å². The van der Waals surface area contributed by atoms with E-state index in [-0.39, 0.29) is 5.82 Å². The van der Waals surface area contributed by atoms with E-state index in [2.05, 4.69) is 4.90 Å². The number of halogens is 1. The molecule has 0 spiro atoms. The molecule has 2 aliphatic rings. The van der Waals surface area contributed by atoms with Gasteiger partial charge in [0.15, 0.2) is 0 Å². The van der Waals surface area contributed by atoms with Crippen LogP contribution in [0.5, 0.6) is 0 Å². The lowest BCUT2D eigenvalue weighted by molar-refractivity contribution is 0.243. The first-order valence-electron chi connectivity index (χ1n) is 6.96. The number of rotatable bonds is 6. The summed E-state index contributed by atoms with van der Waals surface area (Å²) in [6.07, 6.45) is 5.22. The lowest BCUT2D eigenvalue weighted by Crippen LogP contribution is -2.29. The number of hydrogen-bond acceptors (Lipinski definition) is 2. The van der Waals surface area contributed by atoms with Crippen LogP contribution in [0.15, 0.2) is 18.2 Å². The summed E-state index contributed by atoms with van der Waals surface area (Å²) in [7, 11) is 0. The Hall–Kier alpha value is -1.00. The molecule has 0 aliphatic heterocycles. The van der Waals surface area contributed by atoms with E-state index < -0.39 is 0 Å². The third kappa shape index (κ3) is 3.31. The van der Waals surface area contributed by atoms with Gasteiger partial charge in [0.1, 0.15) is 10.8 Å². The molecule has 0 aromatic heterocycles. The highest BCUT2D eigenvalue weighted by molar-refractivity contribution is 7.80. The van der Waals surface area contributed by atoms with Crippen molar-refractivity contribution >= 4 is 17.2 Å². The molecule has 1 aromatic carbocycles. The zero-order valence-corrected chi connectivity index (χ0v) is 11.8. The summed E-state index contributed by atoms with van der Waals surface area (Å²) >= 11 is 5.06. The van der Waals surface area contributed by atoms with Gasteiger partial charge in [-0.2, -0.15) is 0 Å². The fourth-order valence-electron chi connectivity index (χ4n) is 2.57. The van der Waals surface area contributed by atoms with E-state index in [1.165, 1.54) is 31.7 Å². The predicted octanol–water partition coefficient (Wildman–Crippen LogP) is 2.83. The lowest BCUT2D eigenvalue weighted by Gasteiger charge is -2.23. The highest BCUT2D eigenvalue weighted by atomic mass is 32.1. The first-order chi connectivity index (χ1) is 9.13. The summed E-state index contributed by atoms with van der Waals surface area (Å²) in [5.41, 5.74) is 7.48. The van der Waals surface area contributed by atoms with E-state index in [9.17, 15) is 4.39 Å². The molecule has 1 aromatic rings. The van der Waals surface area contributed by atoms with Crippen LogP contribution in [0.1, 0.15) is 36.8 Å². The van der Waals surface area contributed by atoms with E-state index in [4.69, 9.17) is 18.0 Å². The highest BCUT2D eigenvalue weighted by Gasteiger charge is 2.33. The van der Waals surface area contributed by atoms with Crippen molar-refractivity contribution < 1.29 is 4.39 Å². The maximum absolute atomic E-state index is 13.4. The van der Waals surface area contributed by atoms with Gasteiger partial charge in [-0.1, -0.05) is 12.2 Å². The molecule has 0 heterocycles. The lowest BCUT2D eigenvalue weighted by atomic mass is 10.1. The molecular formula is C15H19FN2S. The van der Waals surface area contributed by atoms with Crippen molar-refractivity contribution in [3.63, 3.8) is 0 Å². The van der Waals surface area contributed by atoms with Crippen molar-refractivity contribution in [2.45, 2.75) is 38.3 Å². The fraction of sp³-hybridized carbons (Fsp3) is 0.533. The second kappa shape index (κ2) is 5.17. The van der Waals surface area contributed by atoms with Crippen LogP contribution < -0.4 is 5.73 Å². The molecular weight excluding hydrogens is 259 g/mol. The summed E-state index contributed by atoms with van der Waals surface area (Å²) in [5.74, 6) is 0.639. The van der Waals surface area contributed by atoms with Crippen molar-refractivity contribution in [2.75, 3.05) is 6.54 Å². The molecule has 3 rings (SSSR count). The maximum Gasteiger partial charge on any atom is 0.123 e. The third-order valence-electron chi connectivity index (χ3n) is 3.96. The summed E-state index contributed by atoms with van der Waals surface area (Å²) < 4.78 is 13.4. The molecule has 0 saturated heterocycles. The molecule has 0 atom stereocenters. The minimum absolute atomic E-state index is 0.211. The molecule has 4 heteroatoms. The number of thiocarbonyl (C=S) groups is 1. The number of benzene rings is 1. The second-order valence-corrected chi connectivity index (χ2v) is 6.21. The molecule has 2 nitrogen and oxygen atoms in total. The summed E-state index contributed by atoms with van der Waals surface area (Å²) in [6, 6.07) is 5.40. The molecule has 102 valence electrons. The SMILES string of the molecule is NC(=S)c1ccc(F)cc1CN(CC1CC1)C1CC1. The third-order valence-corrected chi connectivity index (χ3v) is 4.18. The molecule has 0 unspecified atom stereocenters. The van der Waals surface area contributed by atoms with Crippen molar-refractivity contribution in [3.8, 4) is 0 Å². The van der Waals surface area contributed by atoms with Gasteiger partial charge in [-0.25, -0.2) is 4.39 Å².